The zero-order chi connectivity index (χ0) is 27.8. The second-order valence-electron chi connectivity index (χ2n) is 8.95. The number of benzene rings is 2. The molecule has 2 aromatic carbocycles. The van der Waals surface area contributed by atoms with E-state index >= 15 is 0 Å². The fourth-order valence-corrected chi connectivity index (χ4v) is 3.88. The van der Waals surface area contributed by atoms with Gasteiger partial charge in [0.15, 0.2) is 0 Å². The van der Waals surface area contributed by atoms with Gasteiger partial charge in [-0.25, -0.2) is 0 Å². The zero-order valence-electron chi connectivity index (χ0n) is 22.5. The van der Waals surface area contributed by atoms with Crippen molar-refractivity contribution >= 4 is 24.4 Å². The number of phenols is 2. The molecular weight excluding hydrogens is 531 g/mol. The van der Waals surface area contributed by atoms with E-state index in [2.05, 4.69) is 13.8 Å². The number of aliphatic carboxylic acids is 2. The van der Waals surface area contributed by atoms with Crippen LogP contribution in [0.2, 0.25) is 0 Å². The van der Waals surface area contributed by atoms with Gasteiger partial charge in [-0.15, -0.1) is 0 Å². The quantitative estimate of drug-likeness (QED) is 0.468. The van der Waals surface area contributed by atoms with Gasteiger partial charge in [0.2, 0.25) is 0 Å². The van der Waals surface area contributed by atoms with Crippen LogP contribution in [-0.2, 0) is 39.2 Å². The minimum absolute atomic E-state index is 0. The first kappa shape index (κ1) is 34.8. The number of nitrogens with zero attached hydrogens (tertiary/aromatic N) is 2. The monoisotopic (exact) mass is 569 g/mol. The number of rotatable bonds is 8. The van der Waals surface area contributed by atoms with Crippen molar-refractivity contribution in [1.82, 2.24) is 0 Å². The molecule has 0 spiro atoms. The molecule has 0 heterocycles. The van der Waals surface area contributed by atoms with E-state index in [0.29, 0.717) is 0 Å². The Hall–Kier alpha value is -3.17. The Morgan fingerprint density at radius 1 is 0.816 bits per heavy atom. The number of carboxylic acids is 2. The van der Waals surface area contributed by atoms with Gasteiger partial charge < -0.3 is 30.0 Å². The van der Waals surface area contributed by atoms with Crippen molar-refractivity contribution in [3.05, 3.63) is 58.7 Å². The minimum atomic E-state index is -1.08. The third kappa shape index (κ3) is 14.5. The van der Waals surface area contributed by atoms with Gasteiger partial charge in [-0.1, -0.05) is 38.8 Å². The number of hydrogen-bond donors (Lipinski definition) is 2. The number of aromatic hydroxyl groups is 2. The van der Waals surface area contributed by atoms with Crippen LogP contribution in [0, 0.1) is 0 Å². The van der Waals surface area contributed by atoms with Crippen LogP contribution in [0.1, 0.15) is 82.1 Å². The standard InChI is InChI=1S/C25H32N2O2.2C2H4O2.Co/c1-3-5-18-7-11-24(28)20(13-18)16-26-22-9-10-23(15-22)27-17-21-14-19(6-4-2)8-12-25(21)29;2*1-2(3)4;/h7-8,11-14,16-17,22-23,28-29H,3-6,9-10,15H2,1-2H3;2*1H3,(H,3,4);/q;;;+2/p-2. The number of carboxylic acid groups (broad SMARTS) is 2. The van der Waals surface area contributed by atoms with E-state index in [1.54, 1.807) is 12.1 Å². The molecule has 0 amide bonds. The van der Waals surface area contributed by atoms with Gasteiger partial charge in [-0.3, -0.25) is 9.98 Å². The summed E-state index contributed by atoms with van der Waals surface area (Å²) in [6, 6.07) is 12.0. The molecule has 2 unspecified atom stereocenters. The normalized spacial score (nSPS) is 16.2. The maximum atomic E-state index is 10.1. The number of carbonyl (C=O) groups is 2. The molecule has 0 aromatic heterocycles. The molecule has 0 bridgehead atoms. The molecule has 2 atom stereocenters. The van der Waals surface area contributed by atoms with Crippen LogP contribution in [0.15, 0.2) is 46.4 Å². The van der Waals surface area contributed by atoms with Gasteiger partial charge in [-0.2, -0.15) is 0 Å². The molecule has 3 rings (SSSR count). The van der Waals surface area contributed by atoms with Crippen LogP contribution in [0.4, 0.5) is 0 Å². The predicted molar refractivity (Wildman–Crippen MR) is 142 cm³/mol. The maximum absolute atomic E-state index is 10.1. The van der Waals surface area contributed by atoms with E-state index in [4.69, 9.17) is 29.8 Å². The first-order chi connectivity index (χ1) is 17.5. The molecule has 0 aliphatic heterocycles. The van der Waals surface area contributed by atoms with E-state index in [9.17, 15) is 10.2 Å². The number of carbonyl (C=O) groups excluding carboxylic acids is 2. The number of aryl methyl sites for hydroxylation is 2. The summed E-state index contributed by atoms with van der Waals surface area (Å²) in [4.78, 5) is 27.2. The summed E-state index contributed by atoms with van der Waals surface area (Å²) in [6.07, 6.45) is 10.7. The molecule has 9 heteroatoms. The fourth-order valence-electron chi connectivity index (χ4n) is 3.88. The Morgan fingerprint density at radius 2 is 1.16 bits per heavy atom. The molecule has 209 valence electrons. The Balaban J connectivity index is 0.00000134. The van der Waals surface area contributed by atoms with Crippen molar-refractivity contribution in [2.45, 2.75) is 84.7 Å². The Labute approximate surface area is 235 Å². The topological polar surface area (TPSA) is 145 Å². The fraction of sp³-hybridized carbons (Fsp3) is 0.448. The Morgan fingerprint density at radius 3 is 1.47 bits per heavy atom. The molecule has 1 radical (unpaired) electrons. The molecule has 1 aliphatic carbocycles. The van der Waals surface area contributed by atoms with Gasteiger partial charge in [0.25, 0.3) is 0 Å². The summed E-state index contributed by atoms with van der Waals surface area (Å²) in [5, 5.41) is 38.0. The first-order valence-corrected chi connectivity index (χ1v) is 12.6. The van der Waals surface area contributed by atoms with Crippen LogP contribution in [0.3, 0.4) is 0 Å². The van der Waals surface area contributed by atoms with Crippen LogP contribution in [0.5, 0.6) is 11.5 Å². The van der Waals surface area contributed by atoms with Crippen molar-refractivity contribution in [3.63, 3.8) is 0 Å². The van der Waals surface area contributed by atoms with Gasteiger partial charge in [0, 0.05) is 35.5 Å². The average Bonchev–Trinajstić information content (AvgIpc) is 3.27. The maximum Gasteiger partial charge on any atom is 2.00 e. The largest absolute Gasteiger partial charge is 2.00 e. The van der Waals surface area contributed by atoms with Crippen molar-refractivity contribution in [1.29, 1.82) is 0 Å². The third-order valence-corrected chi connectivity index (χ3v) is 5.49. The van der Waals surface area contributed by atoms with Crippen molar-refractivity contribution in [2.75, 3.05) is 0 Å². The van der Waals surface area contributed by atoms with E-state index in [0.717, 1.165) is 69.9 Å². The van der Waals surface area contributed by atoms with E-state index in [1.165, 1.54) is 11.1 Å². The molecule has 1 saturated carbocycles. The molecule has 1 fully saturated rings. The number of hydrogen-bond acceptors (Lipinski definition) is 8. The molecular formula is C29H38CoN2O6. The second-order valence-corrected chi connectivity index (χ2v) is 8.95. The predicted octanol–water partition coefficient (Wildman–Crippen LogP) is 2.97. The average molecular weight is 570 g/mol. The zero-order valence-corrected chi connectivity index (χ0v) is 23.5. The summed E-state index contributed by atoms with van der Waals surface area (Å²) in [5.74, 6) is -1.60. The summed E-state index contributed by atoms with van der Waals surface area (Å²) >= 11 is 0. The Kier molecular flexibility index (Phi) is 17.4. The number of aliphatic imine (C=N–C) groups is 2. The smallest absolute Gasteiger partial charge is 0.550 e. The molecule has 1 aliphatic rings. The molecule has 2 N–H and O–H groups in total. The van der Waals surface area contributed by atoms with Crippen molar-refractivity contribution < 1.29 is 46.8 Å². The third-order valence-electron chi connectivity index (χ3n) is 5.49. The van der Waals surface area contributed by atoms with Crippen LogP contribution < -0.4 is 10.2 Å². The minimum Gasteiger partial charge on any atom is -0.550 e. The van der Waals surface area contributed by atoms with Gasteiger partial charge >= 0.3 is 16.8 Å². The molecule has 2 aromatic rings. The second kappa shape index (κ2) is 19.0. The summed E-state index contributed by atoms with van der Waals surface area (Å²) in [6.45, 7) is 6.25. The van der Waals surface area contributed by atoms with Crippen LogP contribution in [-0.4, -0.2) is 46.7 Å². The first-order valence-electron chi connectivity index (χ1n) is 12.6. The summed E-state index contributed by atoms with van der Waals surface area (Å²) < 4.78 is 0. The SMILES string of the molecule is CC(=O)[O-].CC(=O)[O-].CCCc1ccc(O)c(C=NC2CCC(N=Cc3cc(CCC)ccc3O)C2)c1.[Co+2]. The van der Waals surface area contributed by atoms with Crippen molar-refractivity contribution in [2.24, 2.45) is 9.98 Å². The summed E-state index contributed by atoms with van der Waals surface area (Å²) in [5.41, 5.74) is 4.04. The van der Waals surface area contributed by atoms with E-state index in [-0.39, 0.29) is 40.4 Å². The molecule has 8 nitrogen and oxygen atoms in total. The van der Waals surface area contributed by atoms with Crippen molar-refractivity contribution in [3.8, 4) is 11.5 Å². The summed E-state index contributed by atoms with van der Waals surface area (Å²) in [7, 11) is 0. The Bertz CT molecular complexity index is 980. The van der Waals surface area contributed by atoms with Crippen LogP contribution >= 0.6 is 0 Å². The van der Waals surface area contributed by atoms with E-state index in [1.807, 2.05) is 36.7 Å². The number of phenolic OH excluding ortho intramolecular Hbond substituents is 2. The van der Waals surface area contributed by atoms with Crippen LogP contribution in [0.25, 0.3) is 0 Å². The van der Waals surface area contributed by atoms with Gasteiger partial charge in [-0.05, 0) is 81.3 Å². The van der Waals surface area contributed by atoms with E-state index < -0.39 is 11.9 Å². The molecule has 38 heavy (non-hydrogen) atoms. The molecule has 0 saturated heterocycles. The van der Waals surface area contributed by atoms with Gasteiger partial charge in [0.05, 0.1) is 12.1 Å². The van der Waals surface area contributed by atoms with Gasteiger partial charge in [0.1, 0.15) is 11.5 Å².